The maximum Gasteiger partial charge on any atom is 0.255 e. The molecule has 3 rings (SSSR count). The van der Waals surface area contributed by atoms with Crippen LogP contribution in [0, 0.1) is 0 Å². The molecule has 0 spiro atoms. The van der Waals surface area contributed by atoms with E-state index in [2.05, 4.69) is 0 Å². The molecule has 0 aliphatic carbocycles. The van der Waals surface area contributed by atoms with Gasteiger partial charge in [-0.1, -0.05) is 18.2 Å². The first-order valence-electron chi connectivity index (χ1n) is 7.40. The molecule has 2 heterocycles. The number of likely N-dealkylation sites (tertiary alicyclic amines) is 1. The highest BCUT2D eigenvalue weighted by Gasteiger charge is 2.30. The van der Waals surface area contributed by atoms with Crippen LogP contribution in [0.2, 0.25) is 0 Å². The van der Waals surface area contributed by atoms with Crippen molar-refractivity contribution in [3.63, 3.8) is 0 Å². The highest BCUT2D eigenvalue weighted by molar-refractivity contribution is 7.90. The summed E-state index contributed by atoms with van der Waals surface area (Å²) in [6.07, 6.45) is 3.92. The van der Waals surface area contributed by atoms with E-state index in [-0.39, 0.29) is 17.7 Å². The van der Waals surface area contributed by atoms with Gasteiger partial charge in [-0.25, -0.2) is 8.42 Å². The zero-order chi connectivity index (χ0) is 15.7. The second-order valence-electron chi connectivity index (χ2n) is 5.89. The molecule has 0 saturated carbocycles. The molecule has 1 fully saturated rings. The number of carbonyl (C=O) groups excluding carboxylic acids is 1. The van der Waals surface area contributed by atoms with E-state index in [4.69, 9.17) is 0 Å². The number of amides is 1. The van der Waals surface area contributed by atoms with Gasteiger partial charge >= 0.3 is 0 Å². The summed E-state index contributed by atoms with van der Waals surface area (Å²) in [6, 6.07) is 7.64. The van der Waals surface area contributed by atoms with Crippen molar-refractivity contribution in [3.05, 3.63) is 35.2 Å². The van der Waals surface area contributed by atoms with E-state index in [0.717, 1.165) is 29.3 Å². The molecule has 1 amide bonds. The SMILES string of the molecule is CS(=O)(=O)CC1CCCCN1C(=O)c1csc2ccccc12. The summed E-state index contributed by atoms with van der Waals surface area (Å²) in [4.78, 5) is 14.7. The molecule has 1 aromatic heterocycles. The fraction of sp³-hybridized carbons (Fsp3) is 0.438. The van der Waals surface area contributed by atoms with Gasteiger partial charge in [-0.05, 0) is 25.3 Å². The Morgan fingerprint density at radius 1 is 1.32 bits per heavy atom. The third-order valence-electron chi connectivity index (χ3n) is 4.09. The lowest BCUT2D eigenvalue weighted by molar-refractivity contribution is 0.0642. The molecule has 1 saturated heterocycles. The van der Waals surface area contributed by atoms with Crippen LogP contribution in [0.3, 0.4) is 0 Å². The first kappa shape index (κ1) is 15.5. The number of carbonyl (C=O) groups is 1. The lowest BCUT2D eigenvalue weighted by atomic mass is 10.0. The highest BCUT2D eigenvalue weighted by atomic mass is 32.2. The van der Waals surface area contributed by atoms with Crippen LogP contribution in [0.1, 0.15) is 29.6 Å². The van der Waals surface area contributed by atoms with Crippen LogP contribution in [-0.2, 0) is 9.84 Å². The third kappa shape index (κ3) is 3.17. The van der Waals surface area contributed by atoms with Gasteiger partial charge in [0.15, 0.2) is 0 Å². The van der Waals surface area contributed by atoms with Crippen LogP contribution in [0.4, 0.5) is 0 Å². The van der Waals surface area contributed by atoms with Crippen molar-refractivity contribution in [1.29, 1.82) is 0 Å². The summed E-state index contributed by atoms with van der Waals surface area (Å²) >= 11 is 1.55. The Balaban J connectivity index is 1.92. The minimum Gasteiger partial charge on any atom is -0.335 e. The fourth-order valence-electron chi connectivity index (χ4n) is 3.09. The monoisotopic (exact) mass is 337 g/mol. The van der Waals surface area contributed by atoms with Gasteiger partial charge in [0.05, 0.1) is 11.3 Å². The van der Waals surface area contributed by atoms with Gasteiger partial charge in [0.2, 0.25) is 0 Å². The minimum atomic E-state index is -3.09. The van der Waals surface area contributed by atoms with E-state index in [1.807, 2.05) is 29.6 Å². The standard InChI is InChI=1S/C16H19NO3S2/c1-22(19,20)11-12-6-4-5-9-17(12)16(18)14-10-21-15-8-3-2-7-13(14)15/h2-3,7-8,10,12H,4-6,9,11H2,1H3. The van der Waals surface area contributed by atoms with Crippen molar-refractivity contribution in [2.75, 3.05) is 18.6 Å². The van der Waals surface area contributed by atoms with Crippen molar-refractivity contribution in [2.24, 2.45) is 0 Å². The summed E-state index contributed by atoms with van der Waals surface area (Å²) in [5, 5.41) is 2.85. The van der Waals surface area contributed by atoms with Crippen LogP contribution in [0.15, 0.2) is 29.6 Å². The van der Waals surface area contributed by atoms with Gasteiger partial charge in [-0.3, -0.25) is 4.79 Å². The van der Waals surface area contributed by atoms with Crippen LogP contribution >= 0.6 is 11.3 Å². The summed E-state index contributed by atoms with van der Waals surface area (Å²) in [6.45, 7) is 0.642. The number of benzene rings is 1. The van der Waals surface area contributed by atoms with E-state index in [9.17, 15) is 13.2 Å². The number of piperidine rings is 1. The number of hydrogen-bond donors (Lipinski definition) is 0. The van der Waals surface area contributed by atoms with E-state index in [1.165, 1.54) is 6.26 Å². The zero-order valence-electron chi connectivity index (χ0n) is 12.5. The minimum absolute atomic E-state index is 0.0363. The van der Waals surface area contributed by atoms with Gasteiger partial charge < -0.3 is 4.90 Å². The molecule has 1 atom stereocenters. The number of nitrogens with zero attached hydrogens (tertiary/aromatic N) is 1. The van der Waals surface area contributed by atoms with Gasteiger partial charge in [0, 0.05) is 34.3 Å². The molecule has 1 aliphatic rings. The molecule has 1 aromatic carbocycles. The molecule has 118 valence electrons. The highest BCUT2D eigenvalue weighted by Crippen LogP contribution is 2.29. The number of fused-ring (bicyclic) bond motifs is 1. The van der Waals surface area contributed by atoms with Gasteiger partial charge in [0.1, 0.15) is 9.84 Å². The molecule has 22 heavy (non-hydrogen) atoms. The van der Waals surface area contributed by atoms with Crippen LogP contribution in [0.5, 0.6) is 0 Å². The molecular formula is C16H19NO3S2. The third-order valence-corrected chi connectivity index (χ3v) is 6.05. The summed E-state index contributed by atoms with van der Waals surface area (Å²) in [5.41, 5.74) is 0.695. The number of thiophene rings is 1. The molecule has 6 heteroatoms. The van der Waals surface area contributed by atoms with Crippen molar-refractivity contribution in [3.8, 4) is 0 Å². The topological polar surface area (TPSA) is 54.5 Å². The van der Waals surface area contributed by atoms with E-state index in [1.54, 1.807) is 16.2 Å². The lowest BCUT2D eigenvalue weighted by Crippen LogP contribution is -2.46. The Bertz CT molecular complexity index is 795. The maximum absolute atomic E-state index is 12.9. The quantitative estimate of drug-likeness (QED) is 0.865. The molecular weight excluding hydrogens is 318 g/mol. The predicted octanol–water partition coefficient (Wildman–Crippen LogP) is 2.94. The summed E-state index contributed by atoms with van der Waals surface area (Å²) in [5.74, 6) is 0.0201. The lowest BCUT2D eigenvalue weighted by Gasteiger charge is -2.35. The first-order valence-corrected chi connectivity index (χ1v) is 10.3. The average Bonchev–Trinajstić information content (AvgIpc) is 2.89. The van der Waals surface area contributed by atoms with E-state index >= 15 is 0 Å². The van der Waals surface area contributed by atoms with E-state index in [0.29, 0.717) is 12.1 Å². The maximum atomic E-state index is 12.9. The Morgan fingerprint density at radius 2 is 2.09 bits per heavy atom. The Hall–Kier alpha value is -1.40. The molecule has 0 radical (unpaired) electrons. The molecule has 4 nitrogen and oxygen atoms in total. The molecule has 1 unspecified atom stereocenters. The smallest absolute Gasteiger partial charge is 0.255 e. The van der Waals surface area contributed by atoms with Crippen molar-refractivity contribution in [2.45, 2.75) is 25.3 Å². The van der Waals surface area contributed by atoms with Gasteiger partial charge in [0.25, 0.3) is 5.91 Å². The molecule has 2 aromatic rings. The molecule has 0 bridgehead atoms. The van der Waals surface area contributed by atoms with E-state index < -0.39 is 9.84 Å². The Kier molecular flexibility index (Phi) is 4.23. The predicted molar refractivity (Wildman–Crippen MR) is 90.2 cm³/mol. The zero-order valence-corrected chi connectivity index (χ0v) is 14.1. The number of rotatable bonds is 3. The average molecular weight is 337 g/mol. The van der Waals surface area contributed by atoms with Crippen LogP contribution < -0.4 is 0 Å². The molecule has 0 N–H and O–H groups in total. The Labute approximate surface area is 134 Å². The fourth-order valence-corrected chi connectivity index (χ4v) is 5.07. The van der Waals surface area contributed by atoms with Crippen LogP contribution in [0.25, 0.3) is 10.1 Å². The van der Waals surface area contributed by atoms with Gasteiger partial charge in [-0.15, -0.1) is 11.3 Å². The van der Waals surface area contributed by atoms with Crippen molar-refractivity contribution in [1.82, 2.24) is 4.90 Å². The van der Waals surface area contributed by atoms with Crippen LogP contribution in [-0.4, -0.2) is 43.8 Å². The molecule has 1 aliphatic heterocycles. The largest absolute Gasteiger partial charge is 0.335 e. The van der Waals surface area contributed by atoms with Gasteiger partial charge in [-0.2, -0.15) is 0 Å². The number of sulfone groups is 1. The Morgan fingerprint density at radius 3 is 2.86 bits per heavy atom. The normalized spacial score (nSPS) is 19.5. The van der Waals surface area contributed by atoms with Crippen molar-refractivity contribution < 1.29 is 13.2 Å². The summed E-state index contributed by atoms with van der Waals surface area (Å²) in [7, 11) is -3.09. The van der Waals surface area contributed by atoms with Crippen molar-refractivity contribution >= 4 is 37.2 Å². The first-order chi connectivity index (χ1) is 10.5. The summed E-state index contributed by atoms with van der Waals surface area (Å²) < 4.78 is 24.3. The second-order valence-corrected chi connectivity index (χ2v) is 8.98. The number of hydrogen-bond acceptors (Lipinski definition) is 4. The second kappa shape index (κ2) is 6.01.